The molecule has 6 rings (SSSR count). The fourth-order valence-corrected chi connectivity index (χ4v) is 8.07. The average molecular weight is 605 g/mol. The van der Waals surface area contributed by atoms with Crippen LogP contribution in [-0.2, 0) is 21.4 Å². The third kappa shape index (κ3) is 4.75. The Morgan fingerprint density at radius 2 is 1.90 bits per heavy atom. The van der Waals surface area contributed by atoms with Gasteiger partial charge in [-0.15, -0.1) is 10.2 Å². The van der Waals surface area contributed by atoms with Crippen molar-refractivity contribution in [2.75, 3.05) is 18.0 Å². The van der Waals surface area contributed by atoms with Gasteiger partial charge in [0.15, 0.2) is 10.0 Å². The summed E-state index contributed by atoms with van der Waals surface area (Å²) in [5.74, 6) is -0.0401. The minimum absolute atomic E-state index is 0.0323. The first-order valence-corrected chi connectivity index (χ1v) is 16.0. The first-order valence-electron chi connectivity index (χ1n) is 13.7. The molecule has 0 spiro atoms. The topological polar surface area (TPSA) is 137 Å². The third-order valence-corrected chi connectivity index (χ3v) is 10.5. The number of hydrogen-bond acceptors (Lipinski definition) is 9. The Morgan fingerprint density at radius 1 is 1.22 bits per heavy atom. The number of fused-ring (bicyclic) bond motifs is 3. The van der Waals surface area contributed by atoms with Crippen LogP contribution in [0.2, 0.25) is 0 Å². The molecule has 1 saturated carbocycles. The molecular weight excluding hydrogens is 574 g/mol. The maximum absolute atomic E-state index is 13.7. The summed E-state index contributed by atoms with van der Waals surface area (Å²) >= 11 is 0.717. The van der Waals surface area contributed by atoms with Crippen LogP contribution in [0.15, 0.2) is 17.0 Å². The average Bonchev–Trinajstić information content (AvgIpc) is 3.24. The molecule has 4 heterocycles. The van der Waals surface area contributed by atoms with Gasteiger partial charge in [0.25, 0.3) is 6.43 Å². The highest BCUT2D eigenvalue weighted by Gasteiger charge is 2.48. The number of benzene rings is 1. The number of amides is 1. The molecule has 2 atom stereocenters. The molecule has 2 unspecified atom stereocenters. The molecule has 218 valence electrons. The van der Waals surface area contributed by atoms with E-state index < -0.39 is 27.0 Å². The lowest BCUT2D eigenvalue weighted by atomic mass is 10.1. The molecule has 11 nitrogen and oxygen atoms in total. The summed E-state index contributed by atoms with van der Waals surface area (Å²) in [6.45, 7) is 7.13. The summed E-state index contributed by atoms with van der Waals surface area (Å²) in [7, 11) is -4.13. The van der Waals surface area contributed by atoms with Crippen molar-refractivity contribution in [2.24, 2.45) is 5.92 Å². The number of nitrogens with zero attached hydrogens (tertiary/aromatic N) is 7. The van der Waals surface area contributed by atoms with E-state index in [-0.39, 0.29) is 39.5 Å². The Labute approximate surface area is 240 Å². The van der Waals surface area contributed by atoms with Crippen LogP contribution in [-0.4, -0.2) is 69.9 Å². The number of aromatic nitrogens is 4. The minimum Gasteiger partial charge on any atom is -0.360 e. The van der Waals surface area contributed by atoms with Crippen molar-refractivity contribution < 1.29 is 22.0 Å². The second kappa shape index (κ2) is 9.95. The number of alkyl halides is 2. The van der Waals surface area contributed by atoms with Crippen LogP contribution in [0.4, 0.5) is 14.5 Å². The number of anilines is 1. The zero-order valence-electron chi connectivity index (χ0n) is 22.8. The Morgan fingerprint density at radius 3 is 2.44 bits per heavy atom. The molecule has 3 fully saturated rings. The predicted octanol–water partition coefficient (Wildman–Crippen LogP) is 3.68. The van der Waals surface area contributed by atoms with E-state index in [2.05, 4.69) is 25.9 Å². The first-order chi connectivity index (χ1) is 19.5. The molecule has 2 aliphatic heterocycles. The second-order valence-electron chi connectivity index (χ2n) is 11.2. The van der Waals surface area contributed by atoms with Crippen molar-refractivity contribution in [2.45, 2.75) is 81.9 Å². The fraction of sp³-hybridized carbons (Fsp3) is 0.577. The quantitative estimate of drug-likeness (QED) is 0.411. The van der Waals surface area contributed by atoms with Crippen LogP contribution >= 0.6 is 11.3 Å². The number of carbonyl (C=O) groups is 1. The van der Waals surface area contributed by atoms with E-state index in [0.717, 1.165) is 12.8 Å². The van der Waals surface area contributed by atoms with Crippen LogP contribution in [0.5, 0.6) is 0 Å². The fourth-order valence-electron chi connectivity index (χ4n) is 5.95. The van der Waals surface area contributed by atoms with Gasteiger partial charge in [0.2, 0.25) is 15.9 Å². The van der Waals surface area contributed by atoms with Gasteiger partial charge in [0, 0.05) is 43.0 Å². The van der Waals surface area contributed by atoms with E-state index in [4.69, 9.17) is 5.10 Å². The molecule has 2 bridgehead atoms. The maximum atomic E-state index is 13.7. The smallest absolute Gasteiger partial charge is 0.291 e. The molecule has 0 radical (unpaired) electrons. The van der Waals surface area contributed by atoms with E-state index in [1.807, 2.05) is 25.7 Å². The highest BCUT2D eigenvalue weighted by Crippen LogP contribution is 2.44. The van der Waals surface area contributed by atoms with Crippen molar-refractivity contribution in [3.05, 3.63) is 17.1 Å². The number of aryl methyl sites for hydroxylation is 1. The summed E-state index contributed by atoms with van der Waals surface area (Å²) in [5.41, 5.74) is 0.453. The molecule has 1 aromatic carbocycles. The van der Waals surface area contributed by atoms with Gasteiger partial charge in [0.05, 0.1) is 22.2 Å². The normalized spacial score (nSPS) is 21.7. The summed E-state index contributed by atoms with van der Waals surface area (Å²) in [6.07, 6.45) is -0.274. The van der Waals surface area contributed by atoms with Gasteiger partial charge in [-0.3, -0.25) is 9.48 Å². The summed E-state index contributed by atoms with van der Waals surface area (Å²) in [5, 5.41) is 22.0. The Balaban J connectivity index is 1.53. The molecule has 1 amide bonds. The molecule has 3 aromatic rings. The third-order valence-electron chi connectivity index (χ3n) is 8.10. The second-order valence-corrected chi connectivity index (χ2v) is 13.9. The SMILES string of the molecule is CCn1nc(-c2nnc(C(F)F)s2)c2cc(S(=O)(=O)NC3(C#N)CC3)cc(N3C4CCC3CN(C(=O)C(C)C)C4)c21. The van der Waals surface area contributed by atoms with E-state index in [1.165, 1.54) is 6.07 Å². The lowest BCUT2D eigenvalue weighted by molar-refractivity contribution is -0.135. The monoisotopic (exact) mass is 604 g/mol. The minimum atomic E-state index is -4.13. The van der Waals surface area contributed by atoms with Gasteiger partial charge in [0.1, 0.15) is 11.2 Å². The highest BCUT2D eigenvalue weighted by atomic mass is 32.2. The molecule has 41 heavy (non-hydrogen) atoms. The maximum Gasteiger partial charge on any atom is 0.291 e. The summed E-state index contributed by atoms with van der Waals surface area (Å²) in [6, 6.07) is 5.09. The van der Waals surface area contributed by atoms with Gasteiger partial charge in [-0.25, -0.2) is 17.2 Å². The summed E-state index contributed by atoms with van der Waals surface area (Å²) < 4.78 is 58.3. The van der Waals surface area contributed by atoms with Crippen LogP contribution in [0, 0.1) is 17.2 Å². The number of carbonyl (C=O) groups excluding carboxylic acids is 1. The van der Waals surface area contributed by atoms with Crippen molar-refractivity contribution in [1.82, 2.24) is 29.6 Å². The number of halogens is 2. The summed E-state index contributed by atoms with van der Waals surface area (Å²) in [4.78, 5) is 16.9. The molecule has 2 saturated heterocycles. The number of likely N-dealkylation sites (tertiary alicyclic amines) is 1. The van der Waals surface area contributed by atoms with Gasteiger partial charge < -0.3 is 9.80 Å². The number of hydrogen-bond donors (Lipinski definition) is 1. The molecule has 1 aliphatic carbocycles. The lowest BCUT2D eigenvalue weighted by Gasteiger charge is -2.43. The molecule has 15 heteroatoms. The first kappa shape index (κ1) is 27.9. The molecular formula is C26H30F2N8O3S2. The Bertz CT molecular complexity index is 1660. The van der Waals surface area contributed by atoms with E-state index in [1.54, 1.807) is 10.7 Å². The van der Waals surface area contributed by atoms with E-state index in [9.17, 15) is 27.3 Å². The largest absolute Gasteiger partial charge is 0.360 e. The van der Waals surface area contributed by atoms with Crippen molar-refractivity contribution in [3.63, 3.8) is 0 Å². The van der Waals surface area contributed by atoms with Crippen molar-refractivity contribution >= 4 is 43.9 Å². The number of rotatable bonds is 8. The highest BCUT2D eigenvalue weighted by molar-refractivity contribution is 7.89. The standard InChI is InChI=1S/C26H30F2N8O3S2/c1-4-35-21-18(20(32-35)23-30-31-24(40-23)22(27)28)9-17(41(38,39)33-26(13-29)7-8-26)10-19(21)36-15-5-6-16(36)12-34(11-15)25(37)14(2)3/h9-10,14-16,22,33H,4-8,11-12H2,1-3H3. The van der Waals surface area contributed by atoms with Gasteiger partial charge in [-0.05, 0) is 44.7 Å². The number of sulfonamides is 1. The van der Waals surface area contributed by atoms with Gasteiger partial charge in [-0.2, -0.15) is 15.1 Å². The molecule has 1 N–H and O–H groups in total. The molecule has 2 aromatic heterocycles. The number of nitriles is 1. The van der Waals surface area contributed by atoms with Gasteiger partial charge >= 0.3 is 0 Å². The Kier molecular flexibility index (Phi) is 6.78. The zero-order chi connectivity index (χ0) is 29.3. The van der Waals surface area contributed by atoms with Crippen LogP contribution in [0.25, 0.3) is 21.6 Å². The Hall–Kier alpha value is -3.22. The van der Waals surface area contributed by atoms with E-state index >= 15 is 0 Å². The lowest BCUT2D eigenvalue weighted by Crippen LogP contribution is -2.56. The van der Waals surface area contributed by atoms with Crippen LogP contribution < -0.4 is 9.62 Å². The van der Waals surface area contributed by atoms with Gasteiger partial charge in [-0.1, -0.05) is 25.2 Å². The predicted molar refractivity (Wildman–Crippen MR) is 148 cm³/mol. The van der Waals surface area contributed by atoms with E-state index in [0.29, 0.717) is 60.4 Å². The zero-order valence-corrected chi connectivity index (χ0v) is 24.5. The molecule has 3 aliphatic rings. The van der Waals surface area contributed by atoms with Crippen LogP contribution in [0.3, 0.4) is 0 Å². The van der Waals surface area contributed by atoms with Crippen molar-refractivity contribution in [3.8, 4) is 16.8 Å². The number of piperazine rings is 1. The van der Waals surface area contributed by atoms with Crippen LogP contribution in [0.1, 0.15) is 57.9 Å². The number of nitrogens with one attached hydrogen (secondary N) is 1. The van der Waals surface area contributed by atoms with Crippen molar-refractivity contribution in [1.29, 1.82) is 5.26 Å².